The van der Waals surface area contributed by atoms with Gasteiger partial charge in [-0.05, 0) is 0 Å². The van der Waals surface area contributed by atoms with E-state index in [1.165, 1.54) is 0 Å². The second-order valence-corrected chi connectivity index (χ2v) is 1.55. The molecule has 1 rings (SSSR count). The van der Waals surface area contributed by atoms with Crippen LogP contribution in [-0.2, 0) is 0 Å². The fourth-order valence-electron chi connectivity index (χ4n) is 0.451. The molecule has 0 atom stereocenters. The van der Waals surface area contributed by atoms with Crippen LogP contribution in [0.2, 0.25) is 0 Å². The Morgan fingerprint density at radius 1 is 1.70 bits per heavy atom. The largest absolute Gasteiger partial charge is 0.364 e. The van der Waals surface area contributed by atoms with Crippen LogP contribution in [0.3, 0.4) is 0 Å². The van der Waals surface area contributed by atoms with E-state index in [0.29, 0.717) is 0 Å². The standard InChI is InChI=1S/C5H3F2NO2/c6-5(7)4(9)3-1-2-10-8-3/h1-2,5H. The van der Waals surface area contributed by atoms with Crippen molar-refractivity contribution in [3.05, 3.63) is 18.0 Å². The highest BCUT2D eigenvalue weighted by Gasteiger charge is 2.19. The molecule has 0 spiro atoms. The number of aromatic nitrogens is 1. The summed E-state index contributed by atoms with van der Waals surface area (Å²) < 4.78 is 27.3. The van der Waals surface area contributed by atoms with Crippen LogP contribution in [0.1, 0.15) is 10.5 Å². The van der Waals surface area contributed by atoms with Gasteiger partial charge in [0.25, 0.3) is 5.78 Å². The highest BCUT2D eigenvalue weighted by atomic mass is 19.3. The van der Waals surface area contributed by atoms with E-state index in [1.807, 2.05) is 0 Å². The lowest BCUT2D eigenvalue weighted by molar-refractivity contribution is 0.0669. The van der Waals surface area contributed by atoms with Crippen molar-refractivity contribution >= 4 is 5.78 Å². The Bertz CT molecular complexity index is 220. The maximum absolute atomic E-state index is 11.6. The molecular weight excluding hydrogens is 144 g/mol. The Hall–Kier alpha value is -1.26. The summed E-state index contributed by atoms with van der Waals surface area (Å²) in [4.78, 5) is 10.3. The minimum atomic E-state index is -3.01. The number of hydrogen-bond donors (Lipinski definition) is 0. The van der Waals surface area contributed by atoms with Gasteiger partial charge in [-0.1, -0.05) is 5.16 Å². The van der Waals surface area contributed by atoms with Gasteiger partial charge in [0, 0.05) is 6.07 Å². The smallest absolute Gasteiger partial charge is 0.302 e. The molecule has 0 aromatic carbocycles. The van der Waals surface area contributed by atoms with Gasteiger partial charge in [-0.15, -0.1) is 0 Å². The quantitative estimate of drug-likeness (QED) is 0.588. The van der Waals surface area contributed by atoms with Crippen LogP contribution in [0.4, 0.5) is 8.78 Å². The van der Waals surface area contributed by atoms with Gasteiger partial charge in [0.2, 0.25) is 0 Å². The summed E-state index contributed by atoms with van der Waals surface area (Å²) in [5.41, 5.74) is -0.338. The lowest BCUT2D eigenvalue weighted by Gasteiger charge is -1.89. The van der Waals surface area contributed by atoms with Crippen molar-refractivity contribution in [3.63, 3.8) is 0 Å². The number of hydrogen-bond acceptors (Lipinski definition) is 3. The second-order valence-electron chi connectivity index (χ2n) is 1.55. The summed E-state index contributed by atoms with van der Waals surface area (Å²) >= 11 is 0. The van der Waals surface area contributed by atoms with Crippen molar-refractivity contribution in [2.24, 2.45) is 0 Å². The Labute approximate surface area is 54.6 Å². The van der Waals surface area contributed by atoms with Crippen molar-refractivity contribution in [1.29, 1.82) is 0 Å². The number of carbonyl (C=O) groups excluding carboxylic acids is 1. The topological polar surface area (TPSA) is 43.1 Å². The molecule has 3 nitrogen and oxygen atoms in total. The van der Waals surface area contributed by atoms with Gasteiger partial charge in [-0.3, -0.25) is 4.79 Å². The number of ketones is 1. The van der Waals surface area contributed by atoms with Crippen molar-refractivity contribution in [1.82, 2.24) is 5.16 Å². The van der Waals surface area contributed by atoms with E-state index in [4.69, 9.17) is 0 Å². The molecule has 1 aromatic rings. The molecule has 10 heavy (non-hydrogen) atoms. The Kier molecular flexibility index (Phi) is 1.75. The molecule has 0 fully saturated rings. The molecule has 0 radical (unpaired) electrons. The first kappa shape index (κ1) is 6.85. The van der Waals surface area contributed by atoms with Crippen LogP contribution in [0.25, 0.3) is 0 Å². The maximum Gasteiger partial charge on any atom is 0.302 e. The van der Waals surface area contributed by atoms with Gasteiger partial charge in [0.1, 0.15) is 6.26 Å². The third-order valence-electron chi connectivity index (χ3n) is 0.888. The predicted octanol–water partition coefficient (Wildman–Crippen LogP) is 1.12. The fraction of sp³-hybridized carbons (Fsp3) is 0.200. The minimum Gasteiger partial charge on any atom is -0.364 e. The van der Waals surface area contributed by atoms with E-state index in [9.17, 15) is 13.6 Å². The molecule has 1 aromatic heterocycles. The molecule has 54 valence electrons. The highest BCUT2D eigenvalue weighted by Crippen LogP contribution is 2.03. The lowest BCUT2D eigenvalue weighted by Crippen LogP contribution is -2.09. The first-order chi connectivity index (χ1) is 4.72. The summed E-state index contributed by atoms with van der Waals surface area (Å²) in [5, 5.41) is 3.03. The van der Waals surface area contributed by atoms with Gasteiger partial charge in [-0.2, -0.15) is 0 Å². The molecule has 1 heterocycles. The normalized spacial score (nSPS) is 10.3. The molecule has 0 aliphatic heterocycles. The molecule has 0 N–H and O–H groups in total. The summed E-state index contributed by atoms with van der Waals surface area (Å²) in [6, 6.07) is 1.09. The zero-order chi connectivity index (χ0) is 7.56. The lowest BCUT2D eigenvalue weighted by atomic mass is 10.3. The number of carbonyl (C=O) groups is 1. The molecule has 0 amide bonds. The third-order valence-corrected chi connectivity index (χ3v) is 0.888. The number of Topliss-reactive ketones (excluding diaryl/α,β-unsaturated/α-hetero) is 1. The van der Waals surface area contributed by atoms with Crippen molar-refractivity contribution in [2.45, 2.75) is 6.43 Å². The summed E-state index contributed by atoms with van der Waals surface area (Å²) in [6.45, 7) is 0. The van der Waals surface area contributed by atoms with Crippen LogP contribution in [-0.4, -0.2) is 17.4 Å². The first-order valence-electron chi connectivity index (χ1n) is 2.44. The Balaban J connectivity index is 2.78. The van der Waals surface area contributed by atoms with Crippen LogP contribution in [0.15, 0.2) is 16.9 Å². The predicted molar refractivity (Wildman–Crippen MR) is 26.8 cm³/mol. The number of rotatable bonds is 2. The molecule has 0 bridgehead atoms. The molecule has 5 heteroatoms. The highest BCUT2D eigenvalue weighted by molar-refractivity contribution is 5.96. The van der Waals surface area contributed by atoms with E-state index in [2.05, 4.69) is 9.68 Å². The average molecular weight is 147 g/mol. The number of halogens is 2. The summed E-state index contributed by atoms with van der Waals surface area (Å²) in [6.07, 6.45) is -1.94. The summed E-state index contributed by atoms with van der Waals surface area (Å²) in [7, 11) is 0. The molecule has 0 saturated carbocycles. The van der Waals surface area contributed by atoms with E-state index in [0.717, 1.165) is 12.3 Å². The Morgan fingerprint density at radius 2 is 2.40 bits per heavy atom. The fourth-order valence-corrected chi connectivity index (χ4v) is 0.451. The van der Waals surface area contributed by atoms with Gasteiger partial charge in [0.05, 0.1) is 0 Å². The zero-order valence-electron chi connectivity index (χ0n) is 4.75. The zero-order valence-corrected chi connectivity index (χ0v) is 4.75. The SMILES string of the molecule is O=C(c1ccon1)C(F)F. The third kappa shape index (κ3) is 1.18. The van der Waals surface area contributed by atoms with Crippen LogP contribution in [0.5, 0.6) is 0 Å². The van der Waals surface area contributed by atoms with E-state index in [1.54, 1.807) is 0 Å². The van der Waals surface area contributed by atoms with E-state index < -0.39 is 12.2 Å². The van der Waals surface area contributed by atoms with Gasteiger partial charge >= 0.3 is 6.43 Å². The Morgan fingerprint density at radius 3 is 2.80 bits per heavy atom. The van der Waals surface area contributed by atoms with Crippen molar-refractivity contribution in [2.75, 3.05) is 0 Å². The monoisotopic (exact) mass is 147 g/mol. The van der Waals surface area contributed by atoms with Crippen LogP contribution in [0, 0.1) is 0 Å². The molecule has 0 saturated heterocycles. The van der Waals surface area contributed by atoms with Crippen LogP contribution >= 0.6 is 0 Å². The van der Waals surface area contributed by atoms with Crippen LogP contribution < -0.4 is 0 Å². The first-order valence-corrected chi connectivity index (χ1v) is 2.44. The molecule has 0 aliphatic carbocycles. The average Bonchev–Trinajstić information content (AvgIpc) is 2.36. The van der Waals surface area contributed by atoms with Crippen molar-refractivity contribution < 1.29 is 18.1 Å². The summed E-state index contributed by atoms with van der Waals surface area (Å²) in [5.74, 6) is -1.31. The number of alkyl halides is 2. The van der Waals surface area contributed by atoms with Gasteiger partial charge < -0.3 is 4.52 Å². The van der Waals surface area contributed by atoms with Crippen molar-refractivity contribution in [3.8, 4) is 0 Å². The second kappa shape index (κ2) is 2.55. The number of nitrogens with zero attached hydrogens (tertiary/aromatic N) is 1. The molecular formula is C5H3F2NO2. The van der Waals surface area contributed by atoms with Gasteiger partial charge in [0.15, 0.2) is 5.69 Å². The maximum atomic E-state index is 11.6. The van der Waals surface area contributed by atoms with E-state index in [-0.39, 0.29) is 5.69 Å². The minimum absolute atomic E-state index is 0.338. The van der Waals surface area contributed by atoms with E-state index >= 15 is 0 Å². The molecule has 0 unspecified atom stereocenters. The van der Waals surface area contributed by atoms with Gasteiger partial charge in [-0.25, -0.2) is 8.78 Å². The molecule has 0 aliphatic rings.